The first kappa shape index (κ1) is 31.4. The highest BCUT2D eigenvalue weighted by Crippen LogP contribution is 2.58. The van der Waals surface area contributed by atoms with E-state index in [-0.39, 0.29) is 29.8 Å². The lowest BCUT2D eigenvalue weighted by Gasteiger charge is -2.40. The van der Waals surface area contributed by atoms with Gasteiger partial charge < -0.3 is 18.8 Å². The van der Waals surface area contributed by atoms with E-state index < -0.39 is 23.4 Å². The fourth-order valence-electron chi connectivity index (χ4n) is 7.12. The maximum absolute atomic E-state index is 14.4. The number of amides is 1. The van der Waals surface area contributed by atoms with Gasteiger partial charge in [0.2, 0.25) is 0 Å². The van der Waals surface area contributed by atoms with E-state index in [9.17, 15) is 14.4 Å². The molecular formula is C38H35N3O6. The fraction of sp³-hybridized carbons (Fsp3) is 0.316. The van der Waals surface area contributed by atoms with E-state index in [0.717, 1.165) is 27.9 Å². The number of aryl methyl sites for hydroxylation is 3. The molecule has 1 amide bonds. The van der Waals surface area contributed by atoms with Crippen molar-refractivity contribution >= 4 is 29.4 Å². The van der Waals surface area contributed by atoms with Crippen LogP contribution in [0, 0.1) is 44.5 Å². The lowest BCUT2D eigenvalue weighted by Crippen LogP contribution is -2.55. The van der Waals surface area contributed by atoms with E-state index in [1.54, 1.807) is 31.7 Å². The van der Waals surface area contributed by atoms with Gasteiger partial charge in [0.05, 0.1) is 43.4 Å². The van der Waals surface area contributed by atoms with Gasteiger partial charge in [-0.15, -0.1) is 5.92 Å². The molecule has 1 spiro atoms. The van der Waals surface area contributed by atoms with Gasteiger partial charge in [-0.2, -0.15) is 0 Å². The number of anilines is 1. The van der Waals surface area contributed by atoms with Crippen LogP contribution < -0.4 is 4.90 Å². The van der Waals surface area contributed by atoms with Crippen molar-refractivity contribution in [1.29, 1.82) is 0 Å². The first-order valence-electron chi connectivity index (χ1n) is 15.4. The summed E-state index contributed by atoms with van der Waals surface area (Å²) in [6.07, 6.45) is 0.408. The van der Waals surface area contributed by atoms with Crippen LogP contribution >= 0.6 is 0 Å². The Hall–Kier alpha value is -5.54. The molecule has 1 saturated heterocycles. The molecule has 3 aromatic rings. The van der Waals surface area contributed by atoms with Crippen LogP contribution in [0.15, 0.2) is 69.2 Å². The average Bonchev–Trinajstić information content (AvgIpc) is 3.66. The number of benzene rings is 2. The highest BCUT2D eigenvalue weighted by Gasteiger charge is 2.66. The molecule has 0 bridgehead atoms. The Morgan fingerprint density at radius 2 is 1.66 bits per heavy atom. The third-order valence-electron chi connectivity index (χ3n) is 9.10. The second-order valence-electron chi connectivity index (χ2n) is 12.0. The van der Waals surface area contributed by atoms with Crippen molar-refractivity contribution in [3.63, 3.8) is 0 Å². The minimum Gasteiger partial charge on any atom is -0.466 e. The van der Waals surface area contributed by atoms with Crippen LogP contribution in [0.2, 0.25) is 0 Å². The number of likely N-dealkylation sites (tertiary alicyclic amines) is 1. The predicted molar refractivity (Wildman–Crippen MR) is 177 cm³/mol. The van der Waals surface area contributed by atoms with E-state index >= 15 is 0 Å². The minimum absolute atomic E-state index is 0.0568. The number of carbonyl (C=O) groups is 3. The Kier molecular flexibility index (Phi) is 8.03. The molecule has 238 valence electrons. The van der Waals surface area contributed by atoms with Crippen LogP contribution in [-0.2, 0) is 24.5 Å². The maximum atomic E-state index is 14.4. The van der Waals surface area contributed by atoms with Gasteiger partial charge in [-0.25, -0.2) is 14.6 Å². The van der Waals surface area contributed by atoms with Crippen molar-refractivity contribution < 1.29 is 28.3 Å². The summed E-state index contributed by atoms with van der Waals surface area (Å²) in [4.78, 5) is 49.9. The molecule has 1 aromatic heterocycles. The summed E-state index contributed by atoms with van der Waals surface area (Å²) >= 11 is 0. The summed E-state index contributed by atoms with van der Waals surface area (Å²) in [6.45, 7) is 9.49. The molecule has 4 heterocycles. The minimum atomic E-state index is -1.03. The topological polar surface area (TPSA) is 102 Å². The number of carbonyl (C=O) groups excluding carboxylic acids is 3. The summed E-state index contributed by atoms with van der Waals surface area (Å²) in [7, 11) is 2.50. The number of methoxy groups -OCH3 is 2. The molecule has 2 aromatic carbocycles. The zero-order valence-corrected chi connectivity index (χ0v) is 27.5. The number of rotatable bonds is 4. The molecule has 0 saturated carbocycles. The molecule has 0 N–H and O–H groups in total. The fourth-order valence-corrected chi connectivity index (χ4v) is 7.12. The number of ether oxygens (including phenoxy) is 2. The molecule has 6 rings (SSSR count). The third kappa shape index (κ3) is 4.99. The summed E-state index contributed by atoms with van der Waals surface area (Å²) in [5.74, 6) is 12.3. The molecule has 0 aliphatic carbocycles. The quantitative estimate of drug-likeness (QED) is 0.296. The van der Waals surface area contributed by atoms with Crippen LogP contribution in [-0.4, -0.2) is 61.4 Å². The molecule has 47 heavy (non-hydrogen) atoms. The predicted octanol–water partition coefficient (Wildman–Crippen LogP) is 5.00. The second-order valence-corrected chi connectivity index (χ2v) is 12.0. The first-order valence-corrected chi connectivity index (χ1v) is 15.4. The third-order valence-corrected chi connectivity index (χ3v) is 9.10. The van der Waals surface area contributed by atoms with E-state index in [2.05, 4.69) is 23.7 Å². The van der Waals surface area contributed by atoms with Crippen molar-refractivity contribution in [3.8, 4) is 23.7 Å². The maximum Gasteiger partial charge on any atom is 0.357 e. The van der Waals surface area contributed by atoms with Gasteiger partial charge in [0.25, 0.3) is 5.91 Å². The summed E-state index contributed by atoms with van der Waals surface area (Å²) in [5.41, 5.74) is 3.63. The van der Waals surface area contributed by atoms with Crippen LogP contribution in [0.3, 0.4) is 0 Å². The van der Waals surface area contributed by atoms with Crippen molar-refractivity contribution in [2.24, 2.45) is 4.99 Å². The Balaban J connectivity index is 1.63. The Morgan fingerprint density at radius 3 is 2.30 bits per heavy atom. The number of aliphatic imine (C=N–C) groups is 1. The number of fused-ring (bicyclic) bond motifs is 1. The Morgan fingerprint density at radius 1 is 0.979 bits per heavy atom. The number of amidine groups is 1. The molecular weight excluding hydrogens is 594 g/mol. The van der Waals surface area contributed by atoms with Gasteiger partial charge >= 0.3 is 11.9 Å². The Labute approximate surface area is 274 Å². The first-order chi connectivity index (χ1) is 22.5. The van der Waals surface area contributed by atoms with E-state index in [1.807, 2.05) is 61.2 Å². The lowest BCUT2D eigenvalue weighted by molar-refractivity contribution is -0.139. The number of esters is 2. The lowest BCUT2D eigenvalue weighted by atomic mass is 9.69. The van der Waals surface area contributed by atoms with E-state index in [1.165, 1.54) is 14.2 Å². The van der Waals surface area contributed by atoms with Crippen molar-refractivity contribution in [1.82, 2.24) is 4.90 Å². The van der Waals surface area contributed by atoms with E-state index in [0.29, 0.717) is 29.3 Å². The molecule has 1 unspecified atom stereocenters. The summed E-state index contributed by atoms with van der Waals surface area (Å²) in [6, 6.07) is 14.4. The van der Waals surface area contributed by atoms with Gasteiger partial charge in [-0.3, -0.25) is 9.69 Å². The summed E-state index contributed by atoms with van der Waals surface area (Å²) in [5, 5.41) is 0. The monoisotopic (exact) mass is 629 g/mol. The highest BCUT2D eigenvalue weighted by molar-refractivity contribution is 6.18. The average molecular weight is 630 g/mol. The molecule has 3 atom stereocenters. The van der Waals surface area contributed by atoms with Crippen LogP contribution in [0.4, 0.5) is 5.69 Å². The second kappa shape index (κ2) is 12.0. The van der Waals surface area contributed by atoms with Crippen molar-refractivity contribution in [2.45, 2.75) is 58.5 Å². The zero-order chi connectivity index (χ0) is 33.6. The van der Waals surface area contributed by atoms with Crippen LogP contribution in [0.5, 0.6) is 0 Å². The standard InChI is InChI=1S/C38H35N3O6/c1-8-9-18-40-30-17-16-27(15-14-26-12-10-22(2)11-13-26)20-29(30)38-21-23(3)41(34(42)28-19-24(4)47-25(28)5)37(38)39-32(36(44)46-7)31(33(38)40)35(43)45-6/h10-13,16-17,19-20,23,33H,18,21H2,1-7H3/t23-,33?,38+/m1/s1. The zero-order valence-electron chi connectivity index (χ0n) is 27.5. The smallest absolute Gasteiger partial charge is 0.357 e. The molecule has 3 aliphatic rings. The van der Waals surface area contributed by atoms with Gasteiger partial charge in [-0.1, -0.05) is 35.5 Å². The molecule has 9 nitrogen and oxygen atoms in total. The molecule has 1 fully saturated rings. The molecule has 3 aliphatic heterocycles. The van der Waals surface area contributed by atoms with Crippen molar-refractivity contribution in [3.05, 3.63) is 99.1 Å². The van der Waals surface area contributed by atoms with Gasteiger partial charge in [-0.05, 0) is 83.0 Å². The number of nitrogens with zero attached hydrogens (tertiary/aromatic N) is 3. The van der Waals surface area contributed by atoms with Gasteiger partial charge in [0, 0.05) is 22.9 Å². The molecule has 0 radical (unpaired) electrons. The SMILES string of the molecule is CC#CCN1c2ccc(C#Cc3ccc(C)cc3)cc2[C@]23C[C@@H](C)N(C(=O)c4cc(C)oc4C)C2=NC(C(=O)OC)=C(C(=O)OC)C13. The Bertz CT molecular complexity index is 2010. The van der Waals surface area contributed by atoms with Crippen molar-refractivity contribution in [2.75, 3.05) is 25.7 Å². The van der Waals surface area contributed by atoms with Crippen LogP contribution in [0.25, 0.3) is 0 Å². The van der Waals surface area contributed by atoms with Gasteiger partial charge in [0.15, 0.2) is 5.70 Å². The van der Waals surface area contributed by atoms with Crippen LogP contribution in [0.1, 0.15) is 64.4 Å². The summed E-state index contributed by atoms with van der Waals surface area (Å²) < 4.78 is 16.1. The number of hydrogen-bond donors (Lipinski definition) is 0. The van der Waals surface area contributed by atoms with Gasteiger partial charge in [0.1, 0.15) is 17.4 Å². The molecule has 9 heteroatoms. The van der Waals surface area contributed by atoms with E-state index in [4.69, 9.17) is 18.9 Å². The number of hydrogen-bond acceptors (Lipinski definition) is 8. The highest BCUT2D eigenvalue weighted by atomic mass is 16.5. The normalized spacial score (nSPS) is 20.6. The number of furan rings is 1. The largest absolute Gasteiger partial charge is 0.466 e.